The van der Waals surface area contributed by atoms with Gasteiger partial charge in [-0.05, 0) is 80.6 Å². The van der Waals surface area contributed by atoms with Gasteiger partial charge in [0.15, 0.2) is 11.5 Å². The lowest BCUT2D eigenvalue weighted by Crippen LogP contribution is -2.49. The summed E-state index contributed by atoms with van der Waals surface area (Å²) in [6.07, 6.45) is 4.54. The van der Waals surface area contributed by atoms with Crippen molar-refractivity contribution in [3.8, 4) is 11.5 Å². The number of nitrogens with zero attached hydrogens (tertiary/aromatic N) is 2. The van der Waals surface area contributed by atoms with Crippen molar-refractivity contribution < 1.29 is 19.4 Å². The van der Waals surface area contributed by atoms with Crippen molar-refractivity contribution in [3.63, 3.8) is 0 Å². The van der Waals surface area contributed by atoms with E-state index in [1.54, 1.807) is 0 Å². The Balaban J connectivity index is 1.12. The number of aliphatic hydroxyl groups is 1. The lowest BCUT2D eigenvalue weighted by molar-refractivity contribution is -0.126. The quantitative estimate of drug-likeness (QED) is 0.620. The monoisotopic (exact) mass is 491 g/mol. The van der Waals surface area contributed by atoms with Crippen molar-refractivity contribution >= 4 is 5.91 Å². The fourth-order valence-corrected chi connectivity index (χ4v) is 6.37. The number of hydrogen-bond donors (Lipinski definition) is 2. The molecule has 2 saturated heterocycles. The fraction of sp³-hybridized carbons (Fsp3) is 0.552. The van der Waals surface area contributed by atoms with Crippen molar-refractivity contribution in [2.45, 2.75) is 50.3 Å². The van der Waals surface area contributed by atoms with E-state index >= 15 is 0 Å². The molecule has 1 amide bonds. The van der Waals surface area contributed by atoms with Crippen LogP contribution >= 0.6 is 0 Å². The Bertz CT molecular complexity index is 1060. The van der Waals surface area contributed by atoms with Gasteiger partial charge in [0.1, 0.15) is 19.3 Å². The first kappa shape index (κ1) is 23.8. The average Bonchev–Trinajstić information content (AvgIpc) is 3.68. The maximum Gasteiger partial charge on any atom is 0.224 e. The number of ether oxygens (including phenoxy) is 2. The topological polar surface area (TPSA) is 74.3 Å². The Kier molecular flexibility index (Phi) is 6.87. The Morgan fingerprint density at radius 2 is 1.72 bits per heavy atom. The van der Waals surface area contributed by atoms with Crippen LogP contribution in [0.25, 0.3) is 0 Å². The number of hydrogen-bond acceptors (Lipinski definition) is 6. The summed E-state index contributed by atoms with van der Waals surface area (Å²) in [6.45, 7) is 5.47. The van der Waals surface area contributed by atoms with E-state index in [0.717, 1.165) is 51.0 Å². The molecule has 6 rings (SSSR count). The number of carbonyl (C=O) groups excluding carboxylic acids is 1. The third-order valence-electron chi connectivity index (χ3n) is 8.41. The SMILES string of the molecule is O=C(NC(CN1CCCC1)C(O)c1ccc2c(c1)OCCO2)C1CCN(C2Cc3ccccc3C2)C1. The van der Waals surface area contributed by atoms with E-state index in [9.17, 15) is 9.90 Å². The highest BCUT2D eigenvalue weighted by Gasteiger charge is 2.36. The van der Waals surface area contributed by atoms with Gasteiger partial charge < -0.3 is 24.8 Å². The first-order valence-electron chi connectivity index (χ1n) is 13.6. The van der Waals surface area contributed by atoms with Crippen LogP contribution in [0.5, 0.6) is 11.5 Å². The van der Waals surface area contributed by atoms with Crippen LogP contribution in [0.1, 0.15) is 42.1 Å². The highest BCUT2D eigenvalue weighted by molar-refractivity contribution is 5.79. The van der Waals surface area contributed by atoms with E-state index in [2.05, 4.69) is 39.4 Å². The maximum atomic E-state index is 13.5. The van der Waals surface area contributed by atoms with Gasteiger partial charge in [-0.3, -0.25) is 9.69 Å². The lowest BCUT2D eigenvalue weighted by Gasteiger charge is -2.30. The van der Waals surface area contributed by atoms with Gasteiger partial charge in [-0.1, -0.05) is 30.3 Å². The summed E-state index contributed by atoms with van der Waals surface area (Å²) >= 11 is 0. The van der Waals surface area contributed by atoms with Crippen molar-refractivity contribution in [2.24, 2.45) is 5.92 Å². The zero-order valence-electron chi connectivity index (χ0n) is 20.9. The molecule has 3 atom stereocenters. The first-order chi connectivity index (χ1) is 17.6. The molecule has 2 aromatic carbocycles. The second-order valence-corrected chi connectivity index (χ2v) is 10.8. The van der Waals surface area contributed by atoms with Crippen LogP contribution in [0.3, 0.4) is 0 Å². The van der Waals surface area contributed by atoms with Crippen LogP contribution in [0.2, 0.25) is 0 Å². The molecule has 2 N–H and O–H groups in total. The molecule has 36 heavy (non-hydrogen) atoms. The number of likely N-dealkylation sites (tertiary alicyclic amines) is 2. The Labute approximate surface area is 213 Å². The van der Waals surface area contributed by atoms with Gasteiger partial charge in [-0.15, -0.1) is 0 Å². The molecule has 0 aromatic heterocycles. The van der Waals surface area contributed by atoms with E-state index in [4.69, 9.17) is 9.47 Å². The molecule has 0 bridgehead atoms. The van der Waals surface area contributed by atoms with Crippen molar-refractivity contribution in [1.29, 1.82) is 0 Å². The summed E-state index contributed by atoms with van der Waals surface area (Å²) in [5, 5.41) is 14.7. The number of nitrogens with one attached hydrogen (secondary N) is 1. The molecule has 2 fully saturated rings. The molecule has 2 aromatic rings. The maximum absolute atomic E-state index is 13.5. The predicted octanol–water partition coefficient (Wildman–Crippen LogP) is 2.56. The summed E-state index contributed by atoms with van der Waals surface area (Å²) in [5.41, 5.74) is 3.65. The third-order valence-corrected chi connectivity index (χ3v) is 8.41. The van der Waals surface area contributed by atoms with Gasteiger partial charge in [-0.2, -0.15) is 0 Å². The molecule has 3 aliphatic heterocycles. The fourth-order valence-electron chi connectivity index (χ4n) is 6.37. The summed E-state index contributed by atoms with van der Waals surface area (Å²) in [4.78, 5) is 18.3. The normalized spacial score (nSPS) is 24.0. The smallest absolute Gasteiger partial charge is 0.224 e. The highest BCUT2D eigenvalue weighted by atomic mass is 16.6. The molecular formula is C29H37N3O4. The van der Waals surface area contributed by atoms with Crippen LogP contribution in [0.15, 0.2) is 42.5 Å². The van der Waals surface area contributed by atoms with Gasteiger partial charge in [0.2, 0.25) is 5.91 Å². The van der Waals surface area contributed by atoms with Gasteiger partial charge >= 0.3 is 0 Å². The zero-order valence-corrected chi connectivity index (χ0v) is 20.9. The highest BCUT2D eigenvalue weighted by Crippen LogP contribution is 2.34. The molecule has 3 unspecified atom stereocenters. The van der Waals surface area contributed by atoms with E-state index in [1.807, 2.05) is 18.2 Å². The molecule has 1 aliphatic carbocycles. The molecule has 0 spiro atoms. The zero-order chi connectivity index (χ0) is 24.5. The molecule has 4 aliphatic rings. The van der Waals surface area contributed by atoms with E-state index in [0.29, 0.717) is 37.3 Å². The minimum atomic E-state index is -0.813. The molecule has 192 valence electrons. The minimum absolute atomic E-state index is 0.0396. The van der Waals surface area contributed by atoms with Gasteiger partial charge in [0.05, 0.1) is 12.0 Å². The molecule has 3 heterocycles. The van der Waals surface area contributed by atoms with Crippen molar-refractivity contribution in [1.82, 2.24) is 15.1 Å². The van der Waals surface area contributed by atoms with E-state index in [-0.39, 0.29) is 17.9 Å². The second kappa shape index (κ2) is 10.4. The summed E-state index contributed by atoms with van der Waals surface area (Å²) in [6, 6.07) is 14.4. The second-order valence-electron chi connectivity index (χ2n) is 10.8. The number of benzene rings is 2. The Hall–Kier alpha value is -2.61. The average molecular weight is 492 g/mol. The number of aliphatic hydroxyl groups excluding tert-OH is 1. The molecule has 0 radical (unpaired) electrons. The molecular weight excluding hydrogens is 454 g/mol. The molecule has 0 saturated carbocycles. The molecule has 7 heteroatoms. The predicted molar refractivity (Wildman–Crippen MR) is 137 cm³/mol. The third kappa shape index (κ3) is 4.97. The van der Waals surface area contributed by atoms with Crippen LogP contribution in [-0.2, 0) is 17.6 Å². The van der Waals surface area contributed by atoms with Gasteiger partial charge in [-0.25, -0.2) is 0 Å². The first-order valence-corrected chi connectivity index (χ1v) is 13.6. The van der Waals surface area contributed by atoms with Gasteiger partial charge in [0.25, 0.3) is 0 Å². The van der Waals surface area contributed by atoms with Crippen LogP contribution in [0, 0.1) is 5.92 Å². The molecule has 7 nitrogen and oxygen atoms in total. The minimum Gasteiger partial charge on any atom is -0.486 e. The number of carbonyl (C=O) groups is 1. The Morgan fingerprint density at radius 1 is 1.00 bits per heavy atom. The standard InChI is InChI=1S/C29H37N3O4/c33-28(22-7-8-26-27(17-22)36-14-13-35-26)25(19-31-10-3-4-11-31)30-29(34)23-9-12-32(18-23)24-15-20-5-1-2-6-21(20)16-24/h1-2,5-8,17,23-25,28,33H,3-4,9-16,18-19H2,(H,30,34). The van der Waals surface area contributed by atoms with Crippen LogP contribution in [-0.4, -0.2) is 78.8 Å². The van der Waals surface area contributed by atoms with Crippen LogP contribution < -0.4 is 14.8 Å². The Morgan fingerprint density at radius 3 is 2.47 bits per heavy atom. The summed E-state index contributed by atoms with van der Waals surface area (Å²) in [5.74, 6) is 1.39. The summed E-state index contributed by atoms with van der Waals surface area (Å²) < 4.78 is 11.4. The van der Waals surface area contributed by atoms with Crippen LogP contribution in [0.4, 0.5) is 0 Å². The van der Waals surface area contributed by atoms with E-state index < -0.39 is 6.10 Å². The van der Waals surface area contributed by atoms with E-state index in [1.165, 1.54) is 24.0 Å². The largest absolute Gasteiger partial charge is 0.486 e. The number of fused-ring (bicyclic) bond motifs is 2. The van der Waals surface area contributed by atoms with Gasteiger partial charge in [0, 0.05) is 19.1 Å². The van der Waals surface area contributed by atoms with Crippen molar-refractivity contribution in [3.05, 3.63) is 59.2 Å². The lowest BCUT2D eigenvalue weighted by atomic mass is 9.99. The number of amides is 1. The number of rotatable bonds is 7. The summed E-state index contributed by atoms with van der Waals surface area (Å²) in [7, 11) is 0. The van der Waals surface area contributed by atoms with Crippen molar-refractivity contribution in [2.75, 3.05) is 45.9 Å².